The molecular weight excluding hydrogens is 709 g/mol. The third-order valence-electron chi connectivity index (χ3n) is 11.2. The molecule has 0 unspecified atom stereocenters. The Morgan fingerprint density at radius 2 is 1.19 bits per heavy atom. The first-order valence-electron chi connectivity index (χ1n) is 21.4. The molecule has 0 atom stereocenters. The molecule has 7 aromatic rings. The lowest BCUT2D eigenvalue weighted by Gasteiger charge is -2.21. The summed E-state index contributed by atoms with van der Waals surface area (Å²) in [5.41, 5.74) is 17.5. The van der Waals surface area contributed by atoms with E-state index in [1.54, 1.807) is 0 Å². The largest absolute Gasteiger partial charge is 0.103 e. The Morgan fingerprint density at radius 3 is 1.78 bits per heavy atom. The van der Waals surface area contributed by atoms with Crippen LogP contribution in [0.25, 0.3) is 77.7 Å². The van der Waals surface area contributed by atoms with Crippen molar-refractivity contribution in [1.82, 2.24) is 0 Å². The van der Waals surface area contributed by atoms with E-state index in [2.05, 4.69) is 209 Å². The fourth-order valence-electron chi connectivity index (χ4n) is 8.45. The van der Waals surface area contributed by atoms with Gasteiger partial charge < -0.3 is 0 Å². The predicted molar refractivity (Wildman–Crippen MR) is 262 cm³/mol. The number of hydrogen-bond acceptors (Lipinski definition) is 0. The molecule has 0 aliphatic heterocycles. The molecule has 0 radical (unpaired) electrons. The molecule has 0 bridgehead atoms. The zero-order chi connectivity index (χ0) is 41.1. The molecule has 0 fully saturated rings. The van der Waals surface area contributed by atoms with Gasteiger partial charge >= 0.3 is 0 Å². The van der Waals surface area contributed by atoms with E-state index in [1.807, 2.05) is 19.9 Å². The number of benzene rings is 7. The molecule has 292 valence electrons. The zero-order valence-electron chi connectivity index (χ0n) is 35.4. The van der Waals surface area contributed by atoms with Gasteiger partial charge in [0.15, 0.2) is 0 Å². The molecule has 0 aromatic heterocycles. The van der Waals surface area contributed by atoms with Crippen LogP contribution in [0.4, 0.5) is 0 Å². The average Bonchev–Trinajstić information content (AvgIpc) is 3.29. The molecule has 1 aliphatic carbocycles. The topological polar surface area (TPSA) is 0 Å². The van der Waals surface area contributed by atoms with Crippen molar-refractivity contribution < 1.29 is 0 Å². The van der Waals surface area contributed by atoms with E-state index in [-0.39, 0.29) is 0 Å². The van der Waals surface area contributed by atoms with Gasteiger partial charge in [-0.05, 0) is 169 Å². The standard InChI is InChI=1S/C57H50.C2H6/c1-5-19-41-33-42(20-6-2)35-50(34-41)57-53-28-18-17-27-52(53)56(51-37-48(45-23-13-9-14-24-45)36-49(38-51)46-25-15-10-16-26-46)54-32-31-47(39-55(54)57)43(7-3)30-29-40(4)44-21-11-8-12-22-44;1-2/h5-6,9-11,13-18,20-39H,1,7-8,12,19H2,2-4H3;1-2H3/b20-6+,40-29+,43-30+;. The second kappa shape index (κ2) is 19.3. The van der Waals surface area contributed by atoms with Crippen molar-refractivity contribution in [2.24, 2.45) is 0 Å². The minimum Gasteiger partial charge on any atom is -0.103 e. The van der Waals surface area contributed by atoms with Crippen molar-refractivity contribution in [2.75, 3.05) is 0 Å². The number of hydrogen-bond donors (Lipinski definition) is 0. The highest BCUT2D eigenvalue weighted by atomic mass is 14.2. The summed E-state index contributed by atoms with van der Waals surface area (Å²) < 4.78 is 0. The highest BCUT2D eigenvalue weighted by Gasteiger charge is 2.20. The lowest BCUT2D eigenvalue weighted by molar-refractivity contribution is 1.02. The second-order valence-corrected chi connectivity index (χ2v) is 15.1. The fourth-order valence-corrected chi connectivity index (χ4v) is 8.45. The van der Waals surface area contributed by atoms with Crippen LogP contribution < -0.4 is 0 Å². The Bertz CT molecular complexity index is 2690. The summed E-state index contributed by atoms with van der Waals surface area (Å²) in [6.45, 7) is 14.7. The molecule has 7 aromatic carbocycles. The predicted octanol–water partition coefficient (Wildman–Crippen LogP) is 17.5. The smallest absolute Gasteiger partial charge is 0.00258 e. The number of fused-ring (bicyclic) bond motifs is 2. The molecule has 0 saturated heterocycles. The van der Waals surface area contributed by atoms with Crippen LogP contribution in [0.3, 0.4) is 0 Å². The van der Waals surface area contributed by atoms with Crippen LogP contribution in [-0.2, 0) is 6.42 Å². The summed E-state index contributed by atoms with van der Waals surface area (Å²) in [7, 11) is 0. The van der Waals surface area contributed by atoms with Gasteiger partial charge in [-0.3, -0.25) is 0 Å². The zero-order valence-corrected chi connectivity index (χ0v) is 35.4. The van der Waals surface area contributed by atoms with E-state index in [0.717, 1.165) is 25.7 Å². The molecule has 0 spiro atoms. The van der Waals surface area contributed by atoms with E-state index in [1.165, 1.54) is 99.5 Å². The summed E-state index contributed by atoms with van der Waals surface area (Å²) >= 11 is 0. The van der Waals surface area contributed by atoms with Gasteiger partial charge in [-0.25, -0.2) is 0 Å². The first kappa shape index (κ1) is 40.7. The Hall–Kier alpha value is -6.50. The van der Waals surface area contributed by atoms with E-state index >= 15 is 0 Å². The molecule has 8 rings (SSSR count). The monoisotopic (exact) mass is 764 g/mol. The average molecular weight is 765 g/mol. The second-order valence-electron chi connectivity index (χ2n) is 15.1. The Kier molecular flexibility index (Phi) is 13.3. The molecule has 0 amide bonds. The fraction of sp³-hybridized carbons (Fsp3) is 0.153. The maximum absolute atomic E-state index is 4.10. The summed E-state index contributed by atoms with van der Waals surface area (Å²) in [4.78, 5) is 0. The number of allylic oxidation sites excluding steroid dienone is 10. The van der Waals surface area contributed by atoms with Crippen molar-refractivity contribution >= 4 is 33.2 Å². The Morgan fingerprint density at radius 1 is 0.593 bits per heavy atom. The molecule has 0 saturated carbocycles. The van der Waals surface area contributed by atoms with Crippen LogP contribution in [0.15, 0.2) is 200 Å². The van der Waals surface area contributed by atoms with Gasteiger partial charge in [-0.1, -0.05) is 179 Å². The number of rotatable bonds is 11. The van der Waals surface area contributed by atoms with E-state index < -0.39 is 0 Å². The Labute approximate surface area is 353 Å². The molecule has 0 heterocycles. The van der Waals surface area contributed by atoms with E-state index in [0.29, 0.717) is 0 Å². The van der Waals surface area contributed by atoms with Crippen LogP contribution in [0.2, 0.25) is 0 Å². The van der Waals surface area contributed by atoms with Crippen molar-refractivity contribution in [2.45, 2.75) is 60.3 Å². The van der Waals surface area contributed by atoms with Gasteiger partial charge in [-0.15, -0.1) is 6.58 Å². The lowest BCUT2D eigenvalue weighted by Crippen LogP contribution is -1.95. The minimum absolute atomic E-state index is 0.812. The summed E-state index contributed by atoms with van der Waals surface area (Å²) in [5, 5.41) is 5.00. The van der Waals surface area contributed by atoms with Crippen molar-refractivity contribution in [1.29, 1.82) is 0 Å². The maximum Gasteiger partial charge on any atom is -0.00258 e. The molecule has 0 heteroatoms. The summed E-state index contributed by atoms with van der Waals surface area (Å²) in [6, 6.07) is 52.0. The normalized spacial score (nSPS) is 13.1. The van der Waals surface area contributed by atoms with Crippen molar-refractivity contribution in [3.63, 3.8) is 0 Å². The van der Waals surface area contributed by atoms with Crippen LogP contribution in [0.1, 0.15) is 70.6 Å². The van der Waals surface area contributed by atoms with Gasteiger partial charge in [0.1, 0.15) is 0 Å². The van der Waals surface area contributed by atoms with Crippen LogP contribution in [-0.4, -0.2) is 0 Å². The van der Waals surface area contributed by atoms with Crippen molar-refractivity contribution in [3.05, 3.63) is 216 Å². The lowest BCUT2D eigenvalue weighted by atomic mass is 9.83. The first-order chi connectivity index (χ1) is 29.0. The molecule has 59 heavy (non-hydrogen) atoms. The highest BCUT2D eigenvalue weighted by Crippen LogP contribution is 2.46. The Balaban J connectivity index is 0.00000260. The molecule has 0 N–H and O–H groups in total. The van der Waals surface area contributed by atoms with Gasteiger partial charge in [0.05, 0.1) is 0 Å². The molecular formula is C59H56. The van der Waals surface area contributed by atoms with Crippen LogP contribution in [0.5, 0.6) is 0 Å². The minimum atomic E-state index is 0.812. The van der Waals surface area contributed by atoms with E-state index in [4.69, 9.17) is 0 Å². The maximum atomic E-state index is 4.10. The highest BCUT2D eigenvalue weighted by molar-refractivity contribution is 6.22. The van der Waals surface area contributed by atoms with Gasteiger partial charge in [0.2, 0.25) is 0 Å². The van der Waals surface area contributed by atoms with Crippen LogP contribution >= 0.6 is 0 Å². The van der Waals surface area contributed by atoms with Gasteiger partial charge in [0, 0.05) is 0 Å². The summed E-state index contributed by atoms with van der Waals surface area (Å²) in [5.74, 6) is 0. The third kappa shape index (κ3) is 8.99. The van der Waals surface area contributed by atoms with Crippen molar-refractivity contribution in [3.8, 4) is 44.5 Å². The van der Waals surface area contributed by atoms with Crippen LogP contribution in [0, 0.1) is 0 Å². The SMILES string of the molecule is C=CCc1cc(/C=C/C)cc(-c2c3ccccc3c(-c3cc(-c4ccccc4)cc(-c4ccccc4)c3)c3ccc(/C(=C/C=C(\C)C4=CCCC=C4)CC)cc23)c1.CC. The quantitative estimate of drug-likeness (QED) is 0.0699. The van der Waals surface area contributed by atoms with Gasteiger partial charge in [-0.2, -0.15) is 0 Å². The van der Waals surface area contributed by atoms with Gasteiger partial charge in [0.25, 0.3) is 0 Å². The third-order valence-corrected chi connectivity index (χ3v) is 11.2. The first-order valence-corrected chi connectivity index (χ1v) is 21.4. The molecule has 0 nitrogen and oxygen atoms in total. The molecule has 1 aliphatic rings. The van der Waals surface area contributed by atoms with E-state index in [9.17, 15) is 0 Å². The summed E-state index contributed by atoms with van der Waals surface area (Å²) in [6.07, 6.45) is 21.9.